The van der Waals surface area contributed by atoms with Crippen molar-refractivity contribution in [1.82, 2.24) is 10.3 Å². The molecule has 20 heavy (non-hydrogen) atoms. The summed E-state index contributed by atoms with van der Waals surface area (Å²) in [7, 11) is 1.57. The summed E-state index contributed by atoms with van der Waals surface area (Å²) in [4.78, 5) is 4.56. The molecule has 1 aromatic heterocycles. The molecule has 1 N–H and O–H groups in total. The lowest BCUT2D eigenvalue weighted by Crippen LogP contribution is -2.33. The van der Waals surface area contributed by atoms with E-state index < -0.39 is 0 Å². The summed E-state index contributed by atoms with van der Waals surface area (Å²) in [6.07, 6.45) is -0.0259. The van der Waals surface area contributed by atoms with Gasteiger partial charge in [0, 0.05) is 24.0 Å². The number of rotatable bonds is 3. The van der Waals surface area contributed by atoms with Crippen molar-refractivity contribution in [3.63, 3.8) is 0 Å². The lowest BCUT2D eigenvalue weighted by atomic mass is 10.1. The number of methoxy groups -OCH3 is 1. The van der Waals surface area contributed by atoms with Crippen molar-refractivity contribution >= 4 is 11.3 Å². The Bertz CT molecular complexity index is 597. The van der Waals surface area contributed by atoms with E-state index in [1.165, 1.54) is 23.5 Å². The van der Waals surface area contributed by atoms with E-state index in [4.69, 9.17) is 9.47 Å². The molecule has 4 nitrogen and oxygen atoms in total. The zero-order valence-electron chi connectivity index (χ0n) is 11.1. The van der Waals surface area contributed by atoms with Crippen LogP contribution in [0.5, 0.6) is 5.75 Å². The number of hydrogen-bond acceptors (Lipinski definition) is 5. The quantitative estimate of drug-likeness (QED) is 0.945. The molecule has 1 aliphatic heterocycles. The fraction of sp³-hybridized carbons (Fsp3) is 0.357. The summed E-state index contributed by atoms with van der Waals surface area (Å²) in [6, 6.07) is 4.43. The zero-order chi connectivity index (χ0) is 13.9. The molecule has 0 saturated carbocycles. The molecule has 0 radical (unpaired) electrons. The zero-order valence-corrected chi connectivity index (χ0v) is 11.9. The van der Waals surface area contributed by atoms with Gasteiger partial charge in [-0.25, -0.2) is 9.37 Å². The Morgan fingerprint density at radius 1 is 1.50 bits per heavy atom. The van der Waals surface area contributed by atoms with Gasteiger partial charge in [-0.15, -0.1) is 11.3 Å². The predicted octanol–water partition coefficient (Wildman–Crippen LogP) is 2.62. The Kier molecular flexibility index (Phi) is 3.95. The molecule has 6 heteroatoms. The summed E-state index contributed by atoms with van der Waals surface area (Å²) >= 11 is 1.52. The van der Waals surface area contributed by atoms with Gasteiger partial charge in [-0.05, 0) is 18.2 Å². The molecule has 2 aromatic rings. The van der Waals surface area contributed by atoms with Crippen LogP contribution in [0.25, 0.3) is 11.3 Å². The van der Waals surface area contributed by atoms with Crippen LogP contribution in [0.4, 0.5) is 4.39 Å². The number of morpholine rings is 1. The lowest BCUT2D eigenvalue weighted by Gasteiger charge is -2.21. The third-order valence-electron chi connectivity index (χ3n) is 3.16. The number of aromatic nitrogens is 1. The largest absolute Gasteiger partial charge is 0.496 e. The first-order valence-corrected chi connectivity index (χ1v) is 7.27. The van der Waals surface area contributed by atoms with Crippen molar-refractivity contribution in [3.8, 4) is 17.0 Å². The molecular weight excluding hydrogens is 279 g/mol. The average Bonchev–Trinajstić information content (AvgIpc) is 2.98. The lowest BCUT2D eigenvalue weighted by molar-refractivity contribution is 0.0276. The van der Waals surface area contributed by atoms with Crippen LogP contribution in [0.2, 0.25) is 0 Å². The maximum Gasteiger partial charge on any atom is 0.128 e. The second-order valence-electron chi connectivity index (χ2n) is 4.48. The molecule has 1 aromatic carbocycles. The number of hydrogen-bond donors (Lipinski definition) is 1. The summed E-state index contributed by atoms with van der Waals surface area (Å²) in [5, 5.41) is 6.08. The summed E-state index contributed by atoms with van der Waals surface area (Å²) in [6.45, 7) is 2.31. The highest BCUT2D eigenvalue weighted by Crippen LogP contribution is 2.33. The van der Waals surface area contributed by atoms with E-state index in [0.29, 0.717) is 17.9 Å². The second kappa shape index (κ2) is 5.87. The molecule has 3 rings (SSSR count). The van der Waals surface area contributed by atoms with Crippen LogP contribution in [-0.4, -0.2) is 31.8 Å². The second-order valence-corrected chi connectivity index (χ2v) is 5.37. The van der Waals surface area contributed by atoms with E-state index in [0.717, 1.165) is 23.8 Å². The first-order valence-electron chi connectivity index (χ1n) is 6.39. The SMILES string of the molecule is COc1ccc(F)cc1-c1csc([C@H]2CNCCO2)n1. The van der Waals surface area contributed by atoms with Gasteiger partial charge >= 0.3 is 0 Å². The van der Waals surface area contributed by atoms with Crippen molar-refractivity contribution in [2.45, 2.75) is 6.10 Å². The maximum absolute atomic E-state index is 13.4. The molecule has 1 saturated heterocycles. The molecule has 2 heterocycles. The van der Waals surface area contributed by atoms with E-state index in [1.54, 1.807) is 13.2 Å². The van der Waals surface area contributed by atoms with E-state index >= 15 is 0 Å². The number of ether oxygens (including phenoxy) is 2. The molecule has 1 atom stereocenters. The maximum atomic E-state index is 13.4. The van der Waals surface area contributed by atoms with Gasteiger partial charge in [-0.1, -0.05) is 0 Å². The Morgan fingerprint density at radius 3 is 3.15 bits per heavy atom. The van der Waals surface area contributed by atoms with Crippen LogP contribution in [0.15, 0.2) is 23.6 Å². The van der Waals surface area contributed by atoms with Crippen LogP contribution < -0.4 is 10.1 Å². The van der Waals surface area contributed by atoms with E-state index in [9.17, 15) is 4.39 Å². The van der Waals surface area contributed by atoms with Crippen molar-refractivity contribution in [3.05, 3.63) is 34.4 Å². The molecule has 0 amide bonds. The number of nitrogens with one attached hydrogen (secondary N) is 1. The average molecular weight is 294 g/mol. The normalized spacial score (nSPS) is 19.0. The molecule has 1 fully saturated rings. The van der Waals surface area contributed by atoms with Crippen LogP contribution in [-0.2, 0) is 4.74 Å². The fourth-order valence-electron chi connectivity index (χ4n) is 2.16. The number of thiazole rings is 1. The van der Waals surface area contributed by atoms with Crippen molar-refractivity contribution in [1.29, 1.82) is 0 Å². The minimum absolute atomic E-state index is 0.0259. The summed E-state index contributed by atoms with van der Waals surface area (Å²) < 4.78 is 24.4. The Hall–Kier alpha value is -1.50. The van der Waals surface area contributed by atoms with Crippen LogP contribution in [0.3, 0.4) is 0 Å². The summed E-state index contributed by atoms with van der Waals surface area (Å²) in [5.74, 6) is 0.317. The van der Waals surface area contributed by atoms with Crippen LogP contribution in [0.1, 0.15) is 11.1 Å². The molecule has 106 valence electrons. The highest BCUT2D eigenvalue weighted by molar-refractivity contribution is 7.10. The van der Waals surface area contributed by atoms with Crippen molar-refractivity contribution in [2.75, 3.05) is 26.8 Å². The molecule has 1 aliphatic rings. The number of benzene rings is 1. The van der Waals surface area contributed by atoms with Gasteiger partial charge in [0.2, 0.25) is 0 Å². The summed E-state index contributed by atoms with van der Waals surface area (Å²) in [5.41, 5.74) is 1.38. The van der Waals surface area contributed by atoms with Crippen molar-refractivity contribution < 1.29 is 13.9 Å². The van der Waals surface area contributed by atoms with Gasteiger partial charge < -0.3 is 14.8 Å². The molecular formula is C14H15FN2O2S. The van der Waals surface area contributed by atoms with E-state index in [1.807, 2.05) is 5.38 Å². The van der Waals surface area contributed by atoms with Gasteiger partial charge in [-0.2, -0.15) is 0 Å². The molecule has 0 bridgehead atoms. The van der Waals surface area contributed by atoms with E-state index in [2.05, 4.69) is 10.3 Å². The predicted molar refractivity (Wildman–Crippen MR) is 75.6 cm³/mol. The molecule has 0 spiro atoms. The Balaban J connectivity index is 1.91. The smallest absolute Gasteiger partial charge is 0.128 e. The standard InChI is InChI=1S/C14H15FN2O2S/c1-18-12-3-2-9(15)6-10(12)11-8-20-14(17-11)13-7-16-4-5-19-13/h2-3,6,8,13,16H,4-5,7H2,1H3/t13-/m1/s1. The molecule has 0 aliphatic carbocycles. The first-order chi connectivity index (χ1) is 9.78. The van der Waals surface area contributed by atoms with Gasteiger partial charge in [0.15, 0.2) is 0 Å². The Morgan fingerprint density at radius 2 is 2.40 bits per heavy atom. The highest BCUT2D eigenvalue weighted by atomic mass is 32.1. The van der Waals surface area contributed by atoms with Crippen molar-refractivity contribution in [2.24, 2.45) is 0 Å². The minimum Gasteiger partial charge on any atom is -0.496 e. The third kappa shape index (κ3) is 2.67. The highest BCUT2D eigenvalue weighted by Gasteiger charge is 2.20. The number of halogens is 1. The first kappa shape index (κ1) is 13.5. The van der Waals surface area contributed by atoms with Gasteiger partial charge in [0.05, 0.1) is 19.4 Å². The van der Waals surface area contributed by atoms with Gasteiger partial charge in [0.1, 0.15) is 22.7 Å². The van der Waals surface area contributed by atoms with Crippen LogP contribution >= 0.6 is 11.3 Å². The topological polar surface area (TPSA) is 43.4 Å². The third-order valence-corrected chi connectivity index (χ3v) is 4.10. The van der Waals surface area contributed by atoms with Gasteiger partial charge in [-0.3, -0.25) is 0 Å². The fourth-order valence-corrected chi connectivity index (χ4v) is 3.03. The molecule has 0 unspecified atom stereocenters. The monoisotopic (exact) mass is 294 g/mol. The Labute approximate surface area is 120 Å². The van der Waals surface area contributed by atoms with E-state index in [-0.39, 0.29) is 11.9 Å². The minimum atomic E-state index is -0.300. The number of nitrogens with zero attached hydrogens (tertiary/aromatic N) is 1. The van der Waals surface area contributed by atoms with Crippen LogP contribution in [0, 0.1) is 5.82 Å². The van der Waals surface area contributed by atoms with Gasteiger partial charge in [0.25, 0.3) is 0 Å².